The standard InChI is InChI=1S/C21H31N5O3S/c1-16-3-4-20(29-16)19(25-9-11-28-12-10-25)13-22-21(27)26-7-5-24(6-8-26)14-18-15-30-17(2)23-18/h3-4,15,19H,5-14H2,1-2H3,(H,22,27). The highest BCUT2D eigenvalue weighted by molar-refractivity contribution is 7.09. The number of carbonyl (C=O) groups excluding carboxylic acids is 1. The van der Waals surface area contributed by atoms with E-state index in [1.165, 1.54) is 0 Å². The van der Waals surface area contributed by atoms with Gasteiger partial charge in [-0.3, -0.25) is 9.80 Å². The fourth-order valence-electron chi connectivity index (χ4n) is 4.05. The van der Waals surface area contributed by atoms with Gasteiger partial charge < -0.3 is 19.4 Å². The molecule has 0 bridgehead atoms. The number of ether oxygens (including phenoxy) is 1. The number of aryl methyl sites for hydroxylation is 2. The van der Waals surface area contributed by atoms with Gasteiger partial charge in [0.25, 0.3) is 0 Å². The Morgan fingerprint density at radius 3 is 2.57 bits per heavy atom. The van der Waals surface area contributed by atoms with Gasteiger partial charge in [0.2, 0.25) is 0 Å². The van der Waals surface area contributed by atoms with Crippen LogP contribution in [0.15, 0.2) is 21.9 Å². The van der Waals surface area contributed by atoms with Crippen LogP contribution in [0, 0.1) is 13.8 Å². The largest absolute Gasteiger partial charge is 0.465 e. The molecule has 2 amide bonds. The van der Waals surface area contributed by atoms with Gasteiger partial charge in [-0.15, -0.1) is 11.3 Å². The molecule has 2 aliphatic rings. The molecule has 1 atom stereocenters. The molecule has 1 N–H and O–H groups in total. The Balaban J connectivity index is 1.28. The average Bonchev–Trinajstić information content (AvgIpc) is 3.37. The van der Waals surface area contributed by atoms with Gasteiger partial charge in [-0.1, -0.05) is 0 Å². The predicted octanol–water partition coefficient (Wildman–Crippen LogP) is 2.25. The monoisotopic (exact) mass is 433 g/mol. The van der Waals surface area contributed by atoms with Crippen LogP contribution in [0.3, 0.4) is 0 Å². The number of aromatic nitrogens is 1. The Bertz CT molecular complexity index is 824. The molecule has 0 aromatic carbocycles. The first kappa shape index (κ1) is 21.3. The van der Waals surface area contributed by atoms with Crippen LogP contribution in [-0.4, -0.2) is 84.7 Å². The lowest BCUT2D eigenvalue weighted by molar-refractivity contribution is 0.0118. The molecule has 0 radical (unpaired) electrons. The van der Waals surface area contributed by atoms with E-state index in [1.807, 2.05) is 30.9 Å². The summed E-state index contributed by atoms with van der Waals surface area (Å²) >= 11 is 1.69. The van der Waals surface area contributed by atoms with Crippen molar-refractivity contribution in [3.8, 4) is 0 Å². The Morgan fingerprint density at radius 2 is 1.93 bits per heavy atom. The highest BCUT2D eigenvalue weighted by Crippen LogP contribution is 2.23. The molecule has 2 aliphatic heterocycles. The van der Waals surface area contributed by atoms with Gasteiger partial charge in [0.1, 0.15) is 11.5 Å². The van der Waals surface area contributed by atoms with Gasteiger partial charge in [-0.05, 0) is 26.0 Å². The summed E-state index contributed by atoms with van der Waals surface area (Å²) in [5.41, 5.74) is 1.12. The van der Waals surface area contributed by atoms with Crippen molar-refractivity contribution in [3.63, 3.8) is 0 Å². The number of piperazine rings is 1. The van der Waals surface area contributed by atoms with E-state index >= 15 is 0 Å². The normalized spacial score (nSPS) is 19.7. The number of urea groups is 1. The maximum Gasteiger partial charge on any atom is 0.317 e. The molecule has 4 heterocycles. The van der Waals surface area contributed by atoms with Gasteiger partial charge in [0.15, 0.2) is 0 Å². The summed E-state index contributed by atoms with van der Waals surface area (Å²) in [5, 5.41) is 6.36. The summed E-state index contributed by atoms with van der Waals surface area (Å²) in [4.78, 5) is 23.9. The summed E-state index contributed by atoms with van der Waals surface area (Å²) in [6.45, 7) is 11.7. The zero-order valence-corrected chi connectivity index (χ0v) is 18.6. The number of amides is 2. The highest BCUT2D eigenvalue weighted by Gasteiger charge is 2.27. The van der Waals surface area contributed by atoms with E-state index in [1.54, 1.807) is 11.3 Å². The first-order chi connectivity index (χ1) is 14.6. The zero-order chi connectivity index (χ0) is 20.9. The van der Waals surface area contributed by atoms with E-state index < -0.39 is 0 Å². The molecule has 9 heteroatoms. The zero-order valence-electron chi connectivity index (χ0n) is 17.8. The number of nitrogens with one attached hydrogen (secondary N) is 1. The number of furan rings is 1. The fourth-order valence-corrected chi connectivity index (χ4v) is 4.65. The van der Waals surface area contributed by atoms with E-state index in [0.29, 0.717) is 19.8 Å². The molecular formula is C21H31N5O3S. The Labute approximate surface area is 181 Å². The van der Waals surface area contributed by atoms with Crippen LogP contribution in [0.2, 0.25) is 0 Å². The molecule has 2 saturated heterocycles. The van der Waals surface area contributed by atoms with Crippen LogP contribution >= 0.6 is 11.3 Å². The summed E-state index contributed by atoms with van der Waals surface area (Å²) in [6.07, 6.45) is 0. The van der Waals surface area contributed by atoms with Crippen LogP contribution in [0.5, 0.6) is 0 Å². The van der Waals surface area contributed by atoms with Gasteiger partial charge in [0.05, 0.1) is 30.0 Å². The van der Waals surface area contributed by atoms with Crippen molar-refractivity contribution in [3.05, 3.63) is 39.7 Å². The van der Waals surface area contributed by atoms with Crippen molar-refractivity contribution in [2.45, 2.75) is 26.4 Å². The lowest BCUT2D eigenvalue weighted by Crippen LogP contribution is -2.53. The molecule has 30 heavy (non-hydrogen) atoms. The first-order valence-corrected chi connectivity index (χ1v) is 11.5. The molecule has 2 aromatic rings. The fraction of sp³-hybridized carbons (Fsp3) is 0.619. The van der Waals surface area contributed by atoms with Crippen molar-refractivity contribution in [1.82, 2.24) is 25.0 Å². The summed E-state index contributed by atoms with van der Waals surface area (Å²) < 4.78 is 11.4. The van der Waals surface area contributed by atoms with E-state index in [0.717, 1.165) is 68.0 Å². The molecular weight excluding hydrogens is 402 g/mol. The maximum absolute atomic E-state index is 12.8. The summed E-state index contributed by atoms with van der Waals surface area (Å²) in [7, 11) is 0. The van der Waals surface area contributed by atoms with Crippen LogP contribution in [0.1, 0.15) is 28.3 Å². The smallest absolute Gasteiger partial charge is 0.317 e. The van der Waals surface area contributed by atoms with E-state index in [-0.39, 0.29) is 12.1 Å². The van der Waals surface area contributed by atoms with Gasteiger partial charge >= 0.3 is 6.03 Å². The summed E-state index contributed by atoms with van der Waals surface area (Å²) in [6, 6.07) is 4.02. The van der Waals surface area contributed by atoms with Gasteiger partial charge in [-0.2, -0.15) is 0 Å². The molecule has 0 spiro atoms. The minimum atomic E-state index is 0.000639. The van der Waals surface area contributed by atoms with Crippen molar-refractivity contribution in [2.24, 2.45) is 0 Å². The second-order valence-corrected chi connectivity index (χ2v) is 8.98. The quantitative estimate of drug-likeness (QED) is 0.753. The molecule has 164 valence electrons. The third kappa shape index (κ3) is 5.40. The van der Waals surface area contributed by atoms with Crippen molar-refractivity contribution >= 4 is 17.4 Å². The SMILES string of the molecule is Cc1ccc(C(CNC(=O)N2CCN(Cc3csc(C)n3)CC2)N2CCOCC2)o1. The lowest BCUT2D eigenvalue weighted by Gasteiger charge is -2.36. The molecule has 0 saturated carbocycles. The Kier molecular flexibility index (Phi) is 7.04. The van der Waals surface area contributed by atoms with Crippen LogP contribution in [-0.2, 0) is 11.3 Å². The predicted molar refractivity (Wildman–Crippen MR) is 116 cm³/mol. The number of hydrogen-bond donors (Lipinski definition) is 1. The number of hydrogen-bond acceptors (Lipinski definition) is 7. The molecule has 1 unspecified atom stereocenters. The number of thiazole rings is 1. The average molecular weight is 434 g/mol. The number of morpholine rings is 1. The second kappa shape index (κ2) is 9.91. The number of nitrogens with zero attached hydrogens (tertiary/aromatic N) is 4. The third-order valence-corrected chi connectivity index (χ3v) is 6.56. The second-order valence-electron chi connectivity index (χ2n) is 7.92. The summed E-state index contributed by atoms with van der Waals surface area (Å²) in [5.74, 6) is 1.79. The third-order valence-electron chi connectivity index (χ3n) is 5.73. The minimum Gasteiger partial charge on any atom is -0.465 e. The van der Waals surface area contributed by atoms with E-state index in [2.05, 4.69) is 25.5 Å². The highest BCUT2D eigenvalue weighted by atomic mass is 32.1. The van der Waals surface area contributed by atoms with Crippen molar-refractivity contribution in [2.75, 3.05) is 59.0 Å². The molecule has 0 aliphatic carbocycles. The number of carbonyl (C=O) groups is 1. The molecule has 2 aromatic heterocycles. The van der Waals surface area contributed by atoms with Crippen LogP contribution in [0.4, 0.5) is 4.79 Å². The Hall–Kier alpha value is -1.94. The lowest BCUT2D eigenvalue weighted by atomic mass is 10.1. The molecule has 8 nitrogen and oxygen atoms in total. The topological polar surface area (TPSA) is 74.1 Å². The van der Waals surface area contributed by atoms with E-state index in [9.17, 15) is 4.79 Å². The maximum atomic E-state index is 12.8. The van der Waals surface area contributed by atoms with Gasteiger partial charge in [0, 0.05) is 57.7 Å². The number of rotatable bonds is 6. The molecule has 2 fully saturated rings. The van der Waals surface area contributed by atoms with Crippen LogP contribution in [0.25, 0.3) is 0 Å². The van der Waals surface area contributed by atoms with Crippen molar-refractivity contribution < 1.29 is 13.9 Å². The van der Waals surface area contributed by atoms with Crippen molar-refractivity contribution in [1.29, 1.82) is 0 Å². The Morgan fingerprint density at radius 1 is 1.17 bits per heavy atom. The van der Waals surface area contributed by atoms with Crippen LogP contribution < -0.4 is 5.32 Å². The van der Waals surface area contributed by atoms with Gasteiger partial charge in [-0.25, -0.2) is 9.78 Å². The van der Waals surface area contributed by atoms with E-state index in [4.69, 9.17) is 9.15 Å². The minimum absolute atomic E-state index is 0.000639. The molecule has 4 rings (SSSR count). The first-order valence-electron chi connectivity index (χ1n) is 10.6.